The van der Waals surface area contributed by atoms with Crippen molar-refractivity contribution in [3.05, 3.63) is 50.4 Å². The molecule has 1 heterocycles. The van der Waals surface area contributed by atoms with Gasteiger partial charge in [-0.05, 0) is 46.3 Å². The molecule has 0 saturated carbocycles. The lowest BCUT2D eigenvalue weighted by Gasteiger charge is -2.10. The molecule has 0 radical (unpaired) electrons. The molecule has 0 bridgehead atoms. The van der Waals surface area contributed by atoms with Crippen LogP contribution < -0.4 is 14.2 Å². The maximum absolute atomic E-state index is 12.3. The van der Waals surface area contributed by atoms with Crippen molar-refractivity contribution in [3.63, 3.8) is 0 Å². The highest BCUT2D eigenvalue weighted by Crippen LogP contribution is 2.35. The second-order valence-electron chi connectivity index (χ2n) is 4.38. The fourth-order valence-electron chi connectivity index (χ4n) is 1.95. The van der Waals surface area contributed by atoms with Crippen LogP contribution in [0.5, 0.6) is 17.2 Å². The summed E-state index contributed by atoms with van der Waals surface area (Å²) in [6.45, 7) is 0.126. The molecule has 0 atom stereocenters. The van der Waals surface area contributed by atoms with Crippen molar-refractivity contribution in [2.45, 2.75) is 0 Å². The Morgan fingerprint density at radius 1 is 1.14 bits per heavy atom. The Hall–Kier alpha value is -1.86. The molecule has 0 N–H and O–H groups in total. The summed E-state index contributed by atoms with van der Waals surface area (Å²) in [5.74, 6) is 0.639. The number of benzene rings is 2. The van der Waals surface area contributed by atoms with Crippen LogP contribution in [0.2, 0.25) is 0 Å². The molecule has 0 amide bonds. The molecule has 112 valence electrons. The molecule has 0 unspecified atom stereocenters. The maximum Gasteiger partial charge on any atom is 0.343 e. The molecule has 1 aliphatic heterocycles. The summed E-state index contributed by atoms with van der Waals surface area (Å²) in [5, 5.41) is 0. The lowest BCUT2D eigenvalue weighted by atomic mass is 10.2. The molecule has 2 aromatic rings. The molecular formula is C15H8Br2O5. The zero-order chi connectivity index (χ0) is 15.7. The highest BCUT2D eigenvalue weighted by molar-refractivity contribution is 9.11. The van der Waals surface area contributed by atoms with Crippen molar-refractivity contribution in [2.24, 2.45) is 0 Å². The van der Waals surface area contributed by atoms with E-state index in [1.807, 2.05) is 0 Å². The van der Waals surface area contributed by atoms with Gasteiger partial charge in [0.15, 0.2) is 23.5 Å². The van der Waals surface area contributed by atoms with Crippen LogP contribution in [0.25, 0.3) is 0 Å². The Labute approximate surface area is 142 Å². The van der Waals surface area contributed by atoms with E-state index in [0.29, 0.717) is 32.3 Å². The fourth-order valence-corrected chi connectivity index (χ4v) is 3.29. The van der Waals surface area contributed by atoms with Crippen molar-refractivity contribution in [1.29, 1.82) is 0 Å². The largest absolute Gasteiger partial charge is 0.454 e. The molecule has 0 aromatic heterocycles. The first-order valence-electron chi connectivity index (χ1n) is 6.14. The van der Waals surface area contributed by atoms with Crippen LogP contribution in [0, 0.1) is 0 Å². The predicted molar refractivity (Wildman–Crippen MR) is 84.8 cm³/mol. The van der Waals surface area contributed by atoms with E-state index in [4.69, 9.17) is 14.2 Å². The number of hydrogen-bond donors (Lipinski definition) is 0. The van der Waals surface area contributed by atoms with Gasteiger partial charge in [0.2, 0.25) is 6.79 Å². The summed E-state index contributed by atoms with van der Waals surface area (Å²) in [6.07, 6.45) is 0.623. The third-order valence-corrected chi connectivity index (χ3v) is 4.01. The predicted octanol–water partition coefficient (Wildman–Crippen LogP) is 3.97. The number of esters is 1. The number of fused-ring (bicyclic) bond motifs is 1. The Morgan fingerprint density at radius 3 is 2.68 bits per heavy atom. The van der Waals surface area contributed by atoms with Gasteiger partial charge in [-0.15, -0.1) is 0 Å². The molecule has 7 heteroatoms. The van der Waals surface area contributed by atoms with Gasteiger partial charge in [-0.2, -0.15) is 0 Å². The quantitative estimate of drug-likeness (QED) is 0.421. The van der Waals surface area contributed by atoms with Crippen molar-refractivity contribution in [1.82, 2.24) is 0 Å². The number of ether oxygens (including phenoxy) is 3. The smallest absolute Gasteiger partial charge is 0.343 e. The van der Waals surface area contributed by atoms with Gasteiger partial charge in [-0.3, -0.25) is 4.79 Å². The average molecular weight is 428 g/mol. The molecule has 2 aromatic carbocycles. The third-order valence-electron chi connectivity index (χ3n) is 2.97. The van der Waals surface area contributed by atoms with Gasteiger partial charge >= 0.3 is 5.97 Å². The Balaban J connectivity index is 1.90. The van der Waals surface area contributed by atoms with Crippen LogP contribution in [0.4, 0.5) is 0 Å². The fraction of sp³-hybridized carbons (Fsp3) is 0.0667. The van der Waals surface area contributed by atoms with Crippen LogP contribution in [-0.4, -0.2) is 19.0 Å². The highest BCUT2D eigenvalue weighted by Gasteiger charge is 2.19. The standard InChI is InChI=1S/C15H8Br2O5/c16-10-3-9(6-18)14(11(17)5-10)22-15(19)8-1-2-12-13(4-8)21-7-20-12/h1-6H,7H2. The van der Waals surface area contributed by atoms with Crippen molar-refractivity contribution >= 4 is 44.1 Å². The lowest BCUT2D eigenvalue weighted by Crippen LogP contribution is -2.10. The second-order valence-corrected chi connectivity index (χ2v) is 6.15. The van der Waals surface area contributed by atoms with Gasteiger partial charge in [-0.25, -0.2) is 4.79 Å². The minimum absolute atomic E-state index is 0.126. The number of halogens is 2. The molecule has 5 nitrogen and oxygen atoms in total. The maximum atomic E-state index is 12.3. The zero-order valence-corrected chi connectivity index (χ0v) is 14.1. The SMILES string of the molecule is O=Cc1cc(Br)cc(Br)c1OC(=O)c1ccc2c(c1)OCO2. The Kier molecular flexibility index (Phi) is 4.17. The molecule has 0 saturated heterocycles. The van der Waals surface area contributed by atoms with Crippen LogP contribution in [0.3, 0.4) is 0 Å². The van der Waals surface area contributed by atoms with Crippen LogP contribution in [-0.2, 0) is 0 Å². The van der Waals surface area contributed by atoms with Gasteiger partial charge in [-0.1, -0.05) is 15.9 Å². The van der Waals surface area contributed by atoms with Crippen LogP contribution in [0.1, 0.15) is 20.7 Å². The number of carbonyl (C=O) groups excluding carboxylic acids is 2. The molecule has 1 aliphatic rings. The Bertz CT molecular complexity index is 773. The highest BCUT2D eigenvalue weighted by atomic mass is 79.9. The third kappa shape index (κ3) is 2.86. The van der Waals surface area contributed by atoms with Crippen LogP contribution >= 0.6 is 31.9 Å². The van der Waals surface area contributed by atoms with Gasteiger partial charge in [0.1, 0.15) is 0 Å². The van der Waals surface area contributed by atoms with Gasteiger partial charge in [0.25, 0.3) is 0 Å². The summed E-state index contributed by atoms with van der Waals surface area (Å²) in [5.41, 5.74) is 0.561. The first-order chi connectivity index (χ1) is 10.6. The first-order valence-corrected chi connectivity index (χ1v) is 7.73. The number of aldehydes is 1. The summed E-state index contributed by atoms with van der Waals surface area (Å²) in [4.78, 5) is 23.4. The van der Waals surface area contributed by atoms with E-state index >= 15 is 0 Å². The number of carbonyl (C=O) groups is 2. The summed E-state index contributed by atoms with van der Waals surface area (Å²) >= 11 is 6.55. The second kappa shape index (κ2) is 6.10. The number of rotatable bonds is 3. The van der Waals surface area contributed by atoms with Crippen molar-refractivity contribution < 1.29 is 23.8 Å². The minimum Gasteiger partial charge on any atom is -0.454 e. The molecule has 0 fully saturated rings. The summed E-state index contributed by atoms with van der Waals surface area (Å²) in [7, 11) is 0. The summed E-state index contributed by atoms with van der Waals surface area (Å²) in [6, 6.07) is 8.01. The molecule has 22 heavy (non-hydrogen) atoms. The molecule has 3 rings (SSSR count). The van der Waals surface area contributed by atoms with E-state index in [1.165, 1.54) is 6.07 Å². The van der Waals surface area contributed by atoms with Crippen LogP contribution in [0.15, 0.2) is 39.3 Å². The van der Waals surface area contributed by atoms with E-state index < -0.39 is 5.97 Å². The van der Waals surface area contributed by atoms with E-state index in [-0.39, 0.29) is 18.1 Å². The molecular weight excluding hydrogens is 420 g/mol. The first kappa shape index (κ1) is 15.1. The van der Waals surface area contributed by atoms with E-state index in [1.54, 1.807) is 24.3 Å². The van der Waals surface area contributed by atoms with E-state index in [9.17, 15) is 9.59 Å². The van der Waals surface area contributed by atoms with E-state index in [2.05, 4.69) is 31.9 Å². The zero-order valence-electron chi connectivity index (χ0n) is 11.0. The van der Waals surface area contributed by atoms with Crippen molar-refractivity contribution in [3.8, 4) is 17.2 Å². The van der Waals surface area contributed by atoms with Gasteiger partial charge < -0.3 is 14.2 Å². The molecule has 0 spiro atoms. The van der Waals surface area contributed by atoms with Gasteiger partial charge in [0, 0.05) is 4.47 Å². The topological polar surface area (TPSA) is 61.8 Å². The van der Waals surface area contributed by atoms with Gasteiger partial charge in [0.05, 0.1) is 15.6 Å². The monoisotopic (exact) mass is 426 g/mol. The number of hydrogen-bond acceptors (Lipinski definition) is 5. The average Bonchev–Trinajstić information content (AvgIpc) is 2.96. The lowest BCUT2D eigenvalue weighted by molar-refractivity contribution is 0.0732. The normalized spacial score (nSPS) is 12.1. The van der Waals surface area contributed by atoms with E-state index in [0.717, 1.165) is 0 Å². The molecule has 0 aliphatic carbocycles. The Morgan fingerprint density at radius 2 is 1.91 bits per heavy atom. The summed E-state index contributed by atoms with van der Waals surface area (Å²) < 4.78 is 16.9. The van der Waals surface area contributed by atoms with Crippen molar-refractivity contribution in [2.75, 3.05) is 6.79 Å². The minimum atomic E-state index is -0.593.